The third kappa shape index (κ3) is 3.31. The Balaban J connectivity index is 1.53. The molecule has 6 nitrogen and oxygen atoms in total. The Morgan fingerprint density at radius 1 is 1.18 bits per heavy atom. The molecule has 0 spiro atoms. The first-order valence-electron chi connectivity index (χ1n) is 9.39. The van der Waals surface area contributed by atoms with Gasteiger partial charge in [-0.2, -0.15) is 0 Å². The maximum absolute atomic E-state index is 12.8. The number of hydrogen-bond donors (Lipinski definition) is 1. The minimum Gasteiger partial charge on any atom is -0.480 e. The predicted octanol–water partition coefficient (Wildman–Crippen LogP) is 3.07. The molecule has 6 heteroatoms. The number of carbonyl (C=O) groups excluding carboxylic acids is 1. The highest BCUT2D eigenvalue weighted by Crippen LogP contribution is 2.35. The van der Waals surface area contributed by atoms with E-state index in [0.29, 0.717) is 37.4 Å². The number of nitrogens with zero attached hydrogens (tertiary/aromatic N) is 3. The van der Waals surface area contributed by atoms with Gasteiger partial charge in [-0.25, -0.2) is 4.98 Å². The summed E-state index contributed by atoms with van der Waals surface area (Å²) >= 11 is 0. The Hall–Kier alpha value is -2.99. The number of ether oxygens (including phenoxy) is 1. The predicted molar refractivity (Wildman–Crippen MR) is 106 cm³/mol. The van der Waals surface area contributed by atoms with Crippen LogP contribution in [-0.2, 0) is 5.60 Å². The highest BCUT2D eigenvalue weighted by Gasteiger charge is 2.36. The van der Waals surface area contributed by atoms with Gasteiger partial charge in [-0.1, -0.05) is 12.1 Å². The van der Waals surface area contributed by atoms with E-state index in [4.69, 9.17) is 4.74 Å². The number of fused-ring (bicyclic) bond motifs is 1. The quantitative estimate of drug-likeness (QED) is 0.759. The molecule has 0 atom stereocenters. The summed E-state index contributed by atoms with van der Waals surface area (Å²) in [4.78, 5) is 23.2. The Labute approximate surface area is 163 Å². The SMILES string of the molecule is COc1ncccc1C(=O)N1CCC(O)(c2ccc3nc(C)ccc3c2)CC1. The summed E-state index contributed by atoms with van der Waals surface area (Å²) in [6, 6.07) is 13.3. The molecule has 1 aliphatic heterocycles. The van der Waals surface area contributed by atoms with Gasteiger partial charge < -0.3 is 14.7 Å². The number of amides is 1. The molecule has 2 aromatic heterocycles. The Morgan fingerprint density at radius 2 is 1.96 bits per heavy atom. The van der Waals surface area contributed by atoms with E-state index < -0.39 is 5.60 Å². The zero-order valence-electron chi connectivity index (χ0n) is 16.1. The third-order valence-corrected chi connectivity index (χ3v) is 5.44. The molecule has 1 aromatic carbocycles. The average Bonchev–Trinajstić information content (AvgIpc) is 2.73. The molecule has 4 rings (SSSR count). The molecule has 1 aliphatic rings. The largest absolute Gasteiger partial charge is 0.480 e. The molecule has 0 unspecified atom stereocenters. The molecule has 144 valence electrons. The second-order valence-electron chi connectivity index (χ2n) is 7.24. The van der Waals surface area contributed by atoms with Crippen LogP contribution in [-0.4, -0.2) is 46.1 Å². The standard InChI is InChI=1S/C22H23N3O3/c1-15-5-6-16-14-17(7-8-19(16)24-15)22(27)9-12-25(13-10-22)21(26)18-4-3-11-23-20(18)28-2/h3-8,11,14,27H,9-10,12-13H2,1-2H3. The smallest absolute Gasteiger partial charge is 0.259 e. The van der Waals surface area contributed by atoms with Crippen LogP contribution in [0, 0.1) is 6.92 Å². The van der Waals surface area contributed by atoms with Crippen LogP contribution in [0.4, 0.5) is 0 Å². The highest BCUT2D eigenvalue weighted by molar-refractivity contribution is 5.96. The molecule has 0 bridgehead atoms. The van der Waals surface area contributed by atoms with E-state index >= 15 is 0 Å². The van der Waals surface area contributed by atoms with Gasteiger partial charge in [0, 0.05) is 30.4 Å². The summed E-state index contributed by atoms with van der Waals surface area (Å²) in [6.07, 6.45) is 2.55. The zero-order valence-corrected chi connectivity index (χ0v) is 16.1. The molecule has 3 heterocycles. The van der Waals surface area contributed by atoms with Crippen LogP contribution in [0.15, 0.2) is 48.7 Å². The van der Waals surface area contributed by atoms with Crippen molar-refractivity contribution < 1.29 is 14.6 Å². The zero-order chi connectivity index (χ0) is 19.7. The molecule has 1 amide bonds. The van der Waals surface area contributed by atoms with Gasteiger partial charge in [-0.05, 0) is 55.7 Å². The maximum atomic E-state index is 12.8. The number of piperidine rings is 1. The van der Waals surface area contributed by atoms with Crippen molar-refractivity contribution in [1.29, 1.82) is 0 Å². The van der Waals surface area contributed by atoms with Crippen molar-refractivity contribution in [1.82, 2.24) is 14.9 Å². The summed E-state index contributed by atoms with van der Waals surface area (Å²) in [5.41, 5.74) is 2.26. The van der Waals surface area contributed by atoms with Crippen LogP contribution in [0.2, 0.25) is 0 Å². The fourth-order valence-corrected chi connectivity index (χ4v) is 3.77. The maximum Gasteiger partial charge on any atom is 0.259 e. The van der Waals surface area contributed by atoms with E-state index in [1.165, 1.54) is 7.11 Å². The van der Waals surface area contributed by atoms with E-state index in [1.54, 1.807) is 23.2 Å². The van der Waals surface area contributed by atoms with E-state index in [9.17, 15) is 9.90 Å². The van der Waals surface area contributed by atoms with Crippen LogP contribution in [0.1, 0.15) is 34.5 Å². The number of aromatic nitrogens is 2. The van der Waals surface area contributed by atoms with Gasteiger partial charge in [0.2, 0.25) is 5.88 Å². The summed E-state index contributed by atoms with van der Waals surface area (Å²) in [7, 11) is 1.50. The number of likely N-dealkylation sites (tertiary alicyclic amines) is 1. The van der Waals surface area contributed by atoms with Gasteiger partial charge in [0.05, 0.1) is 18.2 Å². The van der Waals surface area contributed by atoms with Gasteiger partial charge in [-0.15, -0.1) is 0 Å². The summed E-state index contributed by atoms with van der Waals surface area (Å²) < 4.78 is 5.20. The van der Waals surface area contributed by atoms with Gasteiger partial charge in [-0.3, -0.25) is 9.78 Å². The topological polar surface area (TPSA) is 75.5 Å². The number of aryl methyl sites for hydroxylation is 1. The van der Waals surface area contributed by atoms with E-state index in [0.717, 1.165) is 22.2 Å². The molecule has 3 aromatic rings. The summed E-state index contributed by atoms with van der Waals surface area (Å²) in [5.74, 6) is 0.204. The molecule has 1 saturated heterocycles. The number of methoxy groups -OCH3 is 1. The Morgan fingerprint density at radius 3 is 2.71 bits per heavy atom. The Bertz CT molecular complexity index is 1030. The molecular weight excluding hydrogens is 354 g/mol. The van der Waals surface area contributed by atoms with Gasteiger partial charge in [0.25, 0.3) is 5.91 Å². The number of pyridine rings is 2. The second-order valence-corrected chi connectivity index (χ2v) is 7.24. The summed E-state index contributed by atoms with van der Waals surface area (Å²) in [5, 5.41) is 12.2. The van der Waals surface area contributed by atoms with E-state index in [2.05, 4.69) is 9.97 Å². The van der Waals surface area contributed by atoms with Crippen molar-refractivity contribution in [2.45, 2.75) is 25.4 Å². The fourth-order valence-electron chi connectivity index (χ4n) is 3.77. The normalized spacial score (nSPS) is 16.2. The van der Waals surface area contributed by atoms with Crippen LogP contribution < -0.4 is 4.74 Å². The van der Waals surface area contributed by atoms with Crippen LogP contribution in [0.3, 0.4) is 0 Å². The van der Waals surface area contributed by atoms with Crippen molar-refractivity contribution in [3.05, 3.63) is 65.5 Å². The second kappa shape index (κ2) is 7.20. The number of benzene rings is 1. The number of carbonyl (C=O) groups is 1. The van der Waals surface area contributed by atoms with Crippen molar-refractivity contribution >= 4 is 16.8 Å². The first-order valence-corrected chi connectivity index (χ1v) is 9.39. The van der Waals surface area contributed by atoms with Crippen molar-refractivity contribution in [2.75, 3.05) is 20.2 Å². The first kappa shape index (κ1) is 18.4. The van der Waals surface area contributed by atoms with Gasteiger partial charge in [0.1, 0.15) is 5.56 Å². The monoisotopic (exact) mass is 377 g/mol. The minimum atomic E-state index is -0.950. The molecule has 28 heavy (non-hydrogen) atoms. The van der Waals surface area contributed by atoms with Crippen LogP contribution in [0.5, 0.6) is 5.88 Å². The number of rotatable bonds is 3. The van der Waals surface area contributed by atoms with Crippen LogP contribution >= 0.6 is 0 Å². The lowest BCUT2D eigenvalue weighted by atomic mass is 9.83. The molecule has 0 radical (unpaired) electrons. The third-order valence-electron chi connectivity index (χ3n) is 5.44. The molecule has 0 aliphatic carbocycles. The minimum absolute atomic E-state index is 0.120. The molecule has 0 saturated carbocycles. The van der Waals surface area contributed by atoms with Gasteiger partial charge in [0.15, 0.2) is 0 Å². The van der Waals surface area contributed by atoms with E-state index in [1.807, 2.05) is 37.3 Å². The first-order chi connectivity index (χ1) is 13.5. The fraction of sp³-hybridized carbons (Fsp3) is 0.318. The van der Waals surface area contributed by atoms with Crippen LogP contribution in [0.25, 0.3) is 10.9 Å². The number of hydrogen-bond acceptors (Lipinski definition) is 5. The van der Waals surface area contributed by atoms with E-state index in [-0.39, 0.29) is 5.91 Å². The Kier molecular flexibility index (Phi) is 4.73. The average molecular weight is 377 g/mol. The molecule has 1 fully saturated rings. The lowest BCUT2D eigenvalue weighted by Crippen LogP contribution is -2.45. The van der Waals surface area contributed by atoms with Crippen molar-refractivity contribution in [3.63, 3.8) is 0 Å². The van der Waals surface area contributed by atoms with Crippen molar-refractivity contribution in [2.24, 2.45) is 0 Å². The molecule has 1 N–H and O–H groups in total. The van der Waals surface area contributed by atoms with Gasteiger partial charge >= 0.3 is 0 Å². The highest BCUT2D eigenvalue weighted by atomic mass is 16.5. The molecular formula is C22H23N3O3. The summed E-state index contributed by atoms with van der Waals surface area (Å²) in [6.45, 7) is 2.90. The number of aliphatic hydroxyl groups is 1. The lowest BCUT2D eigenvalue weighted by molar-refractivity contribution is -0.0211. The van der Waals surface area contributed by atoms with Crippen molar-refractivity contribution in [3.8, 4) is 5.88 Å². The lowest BCUT2D eigenvalue weighted by Gasteiger charge is -2.38.